The molecule has 0 saturated carbocycles. The number of methoxy groups -OCH3 is 3. The first-order chi connectivity index (χ1) is 11.2. The first-order valence-electron chi connectivity index (χ1n) is 7.09. The lowest BCUT2D eigenvalue weighted by Gasteiger charge is -2.12. The molecular weight excluding hydrogens is 294 g/mol. The van der Waals surface area contributed by atoms with Crippen LogP contribution >= 0.6 is 0 Å². The number of nitrogens with zero attached hydrogens (tertiary/aromatic N) is 1. The topological polar surface area (TPSA) is 49.7 Å². The Morgan fingerprint density at radius 2 is 1.52 bits per heavy atom. The zero-order valence-electron chi connectivity index (χ0n) is 13.2. The van der Waals surface area contributed by atoms with Crippen molar-refractivity contribution in [1.29, 1.82) is 0 Å². The Morgan fingerprint density at radius 1 is 0.826 bits per heavy atom. The molecule has 0 fully saturated rings. The number of pyridine rings is 1. The van der Waals surface area contributed by atoms with Crippen LogP contribution in [0.15, 0.2) is 53.5 Å². The van der Waals surface area contributed by atoms with Gasteiger partial charge in [0.1, 0.15) is 17.2 Å². The third-order valence-corrected chi connectivity index (χ3v) is 3.75. The number of aromatic nitrogens is 1. The number of ether oxygens (including phenoxy) is 3. The van der Waals surface area contributed by atoms with Crippen molar-refractivity contribution >= 4 is 10.8 Å². The summed E-state index contributed by atoms with van der Waals surface area (Å²) in [5, 5.41) is 1.29. The Labute approximate surface area is 133 Å². The summed E-state index contributed by atoms with van der Waals surface area (Å²) in [7, 11) is 4.73. The molecule has 0 aliphatic carbocycles. The molecule has 0 aliphatic heterocycles. The normalized spacial score (nSPS) is 10.6. The van der Waals surface area contributed by atoms with Gasteiger partial charge in [-0.2, -0.15) is 0 Å². The van der Waals surface area contributed by atoms with Gasteiger partial charge in [-0.25, -0.2) is 0 Å². The molecule has 3 rings (SSSR count). The molecule has 1 aromatic heterocycles. The molecule has 0 bridgehead atoms. The molecule has 3 aromatic rings. The van der Waals surface area contributed by atoms with Crippen molar-refractivity contribution in [3.8, 4) is 22.9 Å². The van der Waals surface area contributed by atoms with Crippen molar-refractivity contribution < 1.29 is 14.2 Å². The fourth-order valence-electron chi connectivity index (χ4n) is 2.54. The van der Waals surface area contributed by atoms with Gasteiger partial charge in [-0.15, -0.1) is 0 Å². The zero-order valence-corrected chi connectivity index (χ0v) is 13.2. The SMILES string of the molecule is COc1ccc(-n2ccc3cc(OC)cc(OC)c3c2=O)cc1. The zero-order chi connectivity index (χ0) is 16.4. The van der Waals surface area contributed by atoms with Crippen LogP contribution in [0.4, 0.5) is 0 Å². The summed E-state index contributed by atoms with van der Waals surface area (Å²) in [5.41, 5.74) is 0.614. The van der Waals surface area contributed by atoms with Crippen LogP contribution in [0.1, 0.15) is 0 Å². The van der Waals surface area contributed by atoms with E-state index in [4.69, 9.17) is 14.2 Å². The Bertz CT molecular complexity index is 897. The lowest BCUT2D eigenvalue weighted by Crippen LogP contribution is -2.18. The predicted octanol–water partition coefficient (Wildman–Crippen LogP) is 3.02. The molecule has 0 radical (unpaired) electrons. The van der Waals surface area contributed by atoms with E-state index in [9.17, 15) is 4.79 Å². The summed E-state index contributed by atoms with van der Waals surface area (Å²) in [5.74, 6) is 1.88. The van der Waals surface area contributed by atoms with E-state index in [-0.39, 0.29) is 5.56 Å². The standard InChI is InChI=1S/C18H17NO4/c1-21-14-6-4-13(5-7-14)19-9-8-12-10-15(22-2)11-16(23-3)17(12)18(19)20/h4-11H,1-3H3. The van der Waals surface area contributed by atoms with Crippen LogP contribution in [-0.2, 0) is 0 Å². The average Bonchev–Trinajstić information content (AvgIpc) is 2.61. The van der Waals surface area contributed by atoms with Crippen LogP contribution in [0.25, 0.3) is 16.5 Å². The van der Waals surface area contributed by atoms with E-state index in [1.54, 1.807) is 38.2 Å². The van der Waals surface area contributed by atoms with E-state index in [2.05, 4.69) is 0 Å². The van der Waals surface area contributed by atoms with Crippen LogP contribution in [-0.4, -0.2) is 25.9 Å². The first-order valence-corrected chi connectivity index (χ1v) is 7.09. The average molecular weight is 311 g/mol. The van der Waals surface area contributed by atoms with Gasteiger partial charge in [0.25, 0.3) is 5.56 Å². The second-order valence-electron chi connectivity index (χ2n) is 4.98. The highest BCUT2D eigenvalue weighted by Crippen LogP contribution is 2.29. The summed E-state index contributed by atoms with van der Waals surface area (Å²) in [6, 6.07) is 12.7. The summed E-state index contributed by atoms with van der Waals surface area (Å²) in [6.07, 6.45) is 1.74. The maximum atomic E-state index is 12.9. The van der Waals surface area contributed by atoms with Crippen LogP contribution < -0.4 is 19.8 Å². The minimum absolute atomic E-state index is 0.146. The number of fused-ring (bicyclic) bond motifs is 1. The molecule has 118 valence electrons. The van der Waals surface area contributed by atoms with Gasteiger partial charge >= 0.3 is 0 Å². The Balaban J connectivity index is 2.23. The molecule has 2 aromatic carbocycles. The maximum Gasteiger partial charge on any atom is 0.266 e. The Kier molecular flexibility index (Phi) is 3.93. The second-order valence-corrected chi connectivity index (χ2v) is 4.98. The van der Waals surface area contributed by atoms with Crippen LogP contribution in [0.2, 0.25) is 0 Å². The molecule has 0 atom stereocenters. The molecule has 0 unspecified atom stereocenters. The lowest BCUT2D eigenvalue weighted by molar-refractivity contribution is 0.397. The highest BCUT2D eigenvalue weighted by molar-refractivity contribution is 5.89. The van der Waals surface area contributed by atoms with E-state index < -0.39 is 0 Å². The minimum atomic E-state index is -0.146. The third-order valence-electron chi connectivity index (χ3n) is 3.75. The summed E-state index contributed by atoms with van der Waals surface area (Å²) < 4.78 is 17.3. The maximum absolute atomic E-state index is 12.9. The molecule has 0 aliphatic rings. The molecule has 0 N–H and O–H groups in total. The number of rotatable bonds is 4. The van der Waals surface area contributed by atoms with Crippen molar-refractivity contribution in [3.63, 3.8) is 0 Å². The fourth-order valence-corrected chi connectivity index (χ4v) is 2.54. The van der Waals surface area contributed by atoms with Gasteiger partial charge in [0.05, 0.1) is 26.7 Å². The lowest BCUT2D eigenvalue weighted by atomic mass is 10.1. The van der Waals surface area contributed by atoms with Gasteiger partial charge in [0.15, 0.2) is 0 Å². The van der Waals surface area contributed by atoms with Crippen LogP contribution in [0, 0.1) is 0 Å². The number of hydrogen-bond acceptors (Lipinski definition) is 4. The summed E-state index contributed by atoms with van der Waals surface area (Å²) in [6.45, 7) is 0. The van der Waals surface area contributed by atoms with Gasteiger partial charge < -0.3 is 14.2 Å². The molecule has 5 nitrogen and oxygen atoms in total. The number of hydrogen-bond donors (Lipinski definition) is 0. The monoisotopic (exact) mass is 311 g/mol. The van der Waals surface area contributed by atoms with Gasteiger partial charge in [-0.1, -0.05) is 0 Å². The second kappa shape index (κ2) is 6.04. The third kappa shape index (κ3) is 2.61. The quantitative estimate of drug-likeness (QED) is 0.743. The summed E-state index contributed by atoms with van der Waals surface area (Å²) >= 11 is 0. The van der Waals surface area contributed by atoms with Crippen LogP contribution in [0.3, 0.4) is 0 Å². The van der Waals surface area contributed by atoms with Gasteiger partial charge in [-0.3, -0.25) is 9.36 Å². The molecule has 0 amide bonds. The van der Waals surface area contributed by atoms with Crippen LogP contribution in [0.5, 0.6) is 17.2 Å². The van der Waals surface area contributed by atoms with Crippen molar-refractivity contribution in [2.24, 2.45) is 0 Å². The van der Waals surface area contributed by atoms with Gasteiger partial charge in [0.2, 0.25) is 0 Å². The first kappa shape index (κ1) is 15.0. The van der Waals surface area contributed by atoms with Gasteiger partial charge in [0, 0.05) is 18.0 Å². The molecule has 0 saturated heterocycles. The molecule has 23 heavy (non-hydrogen) atoms. The Hall–Kier alpha value is -2.95. The van der Waals surface area contributed by atoms with Crippen molar-refractivity contribution in [3.05, 3.63) is 59.0 Å². The smallest absolute Gasteiger partial charge is 0.266 e. The van der Waals surface area contributed by atoms with E-state index in [1.165, 1.54) is 0 Å². The van der Waals surface area contributed by atoms with Crippen molar-refractivity contribution in [2.75, 3.05) is 21.3 Å². The van der Waals surface area contributed by atoms with Crippen molar-refractivity contribution in [2.45, 2.75) is 0 Å². The molecule has 1 heterocycles. The van der Waals surface area contributed by atoms with E-state index in [0.717, 1.165) is 16.8 Å². The van der Waals surface area contributed by atoms with Gasteiger partial charge in [-0.05, 0) is 41.8 Å². The Morgan fingerprint density at radius 3 is 2.13 bits per heavy atom. The predicted molar refractivity (Wildman–Crippen MR) is 89.2 cm³/mol. The molecule has 0 spiro atoms. The summed E-state index contributed by atoms with van der Waals surface area (Å²) in [4.78, 5) is 12.9. The highest BCUT2D eigenvalue weighted by Gasteiger charge is 2.12. The van der Waals surface area contributed by atoms with Crippen molar-refractivity contribution in [1.82, 2.24) is 4.57 Å². The van der Waals surface area contributed by atoms with E-state index in [1.807, 2.05) is 36.4 Å². The molecular formula is C18H17NO4. The largest absolute Gasteiger partial charge is 0.497 e. The molecule has 5 heteroatoms. The fraction of sp³-hybridized carbons (Fsp3) is 0.167. The van der Waals surface area contributed by atoms with E-state index >= 15 is 0 Å². The number of benzene rings is 2. The highest BCUT2D eigenvalue weighted by atomic mass is 16.5. The minimum Gasteiger partial charge on any atom is -0.497 e. The van der Waals surface area contributed by atoms with E-state index in [0.29, 0.717) is 16.9 Å².